The first-order valence-corrected chi connectivity index (χ1v) is 9.63. The minimum Gasteiger partial charge on any atom is -0.388 e. The van der Waals surface area contributed by atoms with Crippen molar-refractivity contribution in [3.63, 3.8) is 0 Å². The van der Waals surface area contributed by atoms with Gasteiger partial charge in [-0.1, -0.05) is 29.8 Å². The van der Waals surface area contributed by atoms with Crippen LogP contribution in [0.2, 0.25) is 5.02 Å². The Hall–Kier alpha value is -3.03. The van der Waals surface area contributed by atoms with Gasteiger partial charge in [0.25, 0.3) is 11.5 Å². The van der Waals surface area contributed by atoms with Crippen molar-refractivity contribution in [3.05, 3.63) is 81.4 Å². The minimum absolute atomic E-state index is 0.181. The first kappa shape index (κ1) is 21.7. The number of amides is 1. The average Bonchev–Trinajstić information content (AvgIpc) is 2.68. The van der Waals surface area contributed by atoms with Crippen molar-refractivity contribution in [3.8, 4) is 16.9 Å². The number of halogens is 2. The Bertz CT molecular complexity index is 1140. The van der Waals surface area contributed by atoms with Crippen molar-refractivity contribution in [1.82, 2.24) is 15.1 Å². The summed E-state index contributed by atoms with van der Waals surface area (Å²) in [5, 5.41) is 17.6. The molecule has 8 heteroatoms. The SMILES string of the molecule is CC(NC(=O)c1cc(-c2ccc(Cl)cc2)nn(-c2cccc(F)c2)c1=O)C(C)(C)O. The molecule has 3 aromatic rings. The second kappa shape index (κ2) is 8.38. The summed E-state index contributed by atoms with van der Waals surface area (Å²) >= 11 is 5.95. The fourth-order valence-electron chi connectivity index (χ4n) is 2.65. The van der Waals surface area contributed by atoms with Crippen LogP contribution in [0.1, 0.15) is 31.1 Å². The molecule has 0 fully saturated rings. The van der Waals surface area contributed by atoms with E-state index in [2.05, 4.69) is 10.4 Å². The smallest absolute Gasteiger partial charge is 0.284 e. The van der Waals surface area contributed by atoms with Crippen molar-refractivity contribution in [2.75, 3.05) is 0 Å². The Balaban J connectivity index is 2.17. The molecule has 0 aliphatic carbocycles. The molecule has 0 saturated heterocycles. The molecule has 0 saturated carbocycles. The van der Waals surface area contributed by atoms with Crippen LogP contribution in [0.5, 0.6) is 0 Å². The zero-order valence-corrected chi connectivity index (χ0v) is 17.4. The Kier molecular flexibility index (Phi) is 6.05. The highest BCUT2D eigenvalue weighted by Crippen LogP contribution is 2.21. The first-order chi connectivity index (χ1) is 14.1. The van der Waals surface area contributed by atoms with E-state index in [4.69, 9.17) is 11.6 Å². The number of rotatable bonds is 5. The van der Waals surface area contributed by atoms with E-state index in [1.807, 2.05) is 0 Å². The summed E-state index contributed by atoms with van der Waals surface area (Å²) in [5.74, 6) is -1.21. The Morgan fingerprint density at radius 2 is 1.87 bits per heavy atom. The van der Waals surface area contributed by atoms with E-state index in [1.54, 1.807) is 45.0 Å². The van der Waals surface area contributed by atoms with Crippen molar-refractivity contribution in [2.45, 2.75) is 32.4 Å². The highest BCUT2D eigenvalue weighted by Gasteiger charge is 2.26. The number of nitrogens with one attached hydrogen (secondary N) is 1. The molecule has 0 radical (unpaired) electrons. The average molecular weight is 430 g/mol. The number of benzene rings is 2. The molecule has 0 spiro atoms. The predicted octanol–water partition coefficient (Wildman–Crippen LogP) is 3.58. The lowest BCUT2D eigenvalue weighted by molar-refractivity contribution is 0.0408. The molecule has 30 heavy (non-hydrogen) atoms. The van der Waals surface area contributed by atoms with E-state index in [-0.39, 0.29) is 11.3 Å². The second-order valence-corrected chi connectivity index (χ2v) is 7.93. The zero-order chi connectivity index (χ0) is 22.1. The molecule has 6 nitrogen and oxygen atoms in total. The summed E-state index contributed by atoms with van der Waals surface area (Å²) in [6.07, 6.45) is 0. The van der Waals surface area contributed by atoms with Crippen LogP contribution < -0.4 is 10.9 Å². The highest BCUT2D eigenvalue weighted by atomic mass is 35.5. The predicted molar refractivity (Wildman–Crippen MR) is 113 cm³/mol. The third-order valence-corrected chi connectivity index (χ3v) is 5.01. The summed E-state index contributed by atoms with van der Waals surface area (Å²) in [5.41, 5.74) is -0.955. The maximum Gasteiger partial charge on any atom is 0.284 e. The molecule has 1 amide bonds. The van der Waals surface area contributed by atoms with E-state index in [9.17, 15) is 19.1 Å². The third-order valence-electron chi connectivity index (χ3n) is 4.76. The summed E-state index contributed by atoms with van der Waals surface area (Å²) in [6, 6.07) is 12.8. The lowest BCUT2D eigenvalue weighted by atomic mass is 10.0. The number of carbonyl (C=O) groups is 1. The molecule has 0 aliphatic heterocycles. The van der Waals surface area contributed by atoms with Gasteiger partial charge in [0.2, 0.25) is 0 Å². The number of aromatic nitrogens is 2. The molecular formula is C22H21ClFN3O3. The number of aliphatic hydroxyl groups is 1. The van der Waals surface area contributed by atoms with Gasteiger partial charge in [-0.2, -0.15) is 9.78 Å². The number of hydrogen-bond acceptors (Lipinski definition) is 4. The standard InChI is InChI=1S/C22H21ClFN3O3/c1-13(22(2,3)30)25-20(28)18-12-19(14-7-9-15(23)10-8-14)26-27(21(18)29)17-6-4-5-16(24)11-17/h4-13,30H,1-3H3,(H,25,28). The molecule has 2 N–H and O–H groups in total. The number of nitrogens with zero attached hydrogens (tertiary/aromatic N) is 2. The van der Waals surface area contributed by atoms with Crippen molar-refractivity contribution < 1.29 is 14.3 Å². The van der Waals surface area contributed by atoms with Gasteiger partial charge in [-0.3, -0.25) is 9.59 Å². The molecule has 1 aromatic heterocycles. The van der Waals surface area contributed by atoms with Crippen LogP contribution in [0.3, 0.4) is 0 Å². The summed E-state index contributed by atoms with van der Waals surface area (Å²) in [7, 11) is 0. The molecule has 3 rings (SSSR count). The molecule has 2 aromatic carbocycles. The lowest BCUT2D eigenvalue weighted by Crippen LogP contribution is -2.48. The van der Waals surface area contributed by atoms with E-state index < -0.39 is 28.9 Å². The summed E-state index contributed by atoms with van der Waals surface area (Å²) in [4.78, 5) is 25.9. The van der Waals surface area contributed by atoms with Gasteiger partial charge in [-0.25, -0.2) is 4.39 Å². The van der Waals surface area contributed by atoms with Gasteiger partial charge < -0.3 is 10.4 Å². The molecule has 1 heterocycles. The quantitative estimate of drug-likeness (QED) is 0.649. The highest BCUT2D eigenvalue weighted by molar-refractivity contribution is 6.30. The Morgan fingerprint density at radius 1 is 1.20 bits per heavy atom. The minimum atomic E-state index is -1.19. The Morgan fingerprint density at radius 3 is 2.47 bits per heavy atom. The van der Waals surface area contributed by atoms with Crippen molar-refractivity contribution in [1.29, 1.82) is 0 Å². The largest absolute Gasteiger partial charge is 0.388 e. The number of carbonyl (C=O) groups excluding carboxylic acids is 1. The van der Waals surface area contributed by atoms with Gasteiger partial charge in [0.1, 0.15) is 11.4 Å². The topological polar surface area (TPSA) is 84.2 Å². The molecule has 0 aliphatic rings. The van der Waals surface area contributed by atoms with Gasteiger partial charge in [0.05, 0.1) is 23.0 Å². The summed E-state index contributed by atoms with van der Waals surface area (Å²) < 4.78 is 14.7. The fourth-order valence-corrected chi connectivity index (χ4v) is 2.78. The van der Waals surface area contributed by atoms with E-state index >= 15 is 0 Å². The maximum absolute atomic E-state index is 13.7. The van der Waals surface area contributed by atoms with Gasteiger partial charge in [-0.15, -0.1) is 0 Å². The van der Waals surface area contributed by atoms with E-state index in [1.165, 1.54) is 24.3 Å². The first-order valence-electron chi connectivity index (χ1n) is 9.26. The maximum atomic E-state index is 13.7. The van der Waals surface area contributed by atoms with Gasteiger partial charge >= 0.3 is 0 Å². The van der Waals surface area contributed by atoms with Crippen LogP contribution in [-0.2, 0) is 0 Å². The van der Waals surface area contributed by atoms with E-state index in [0.29, 0.717) is 16.3 Å². The van der Waals surface area contributed by atoms with Gasteiger partial charge in [0.15, 0.2) is 0 Å². The molecule has 1 unspecified atom stereocenters. The molecule has 156 valence electrons. The van der Waals surface area contributed by atoms with Gasteiger partial charge in [0, 0.05) is 10.6 Å². The molecular weight excluding hydrogens is 409 g/mol. The van der Waals surface area contributed by atoms with Crippen LogP contribution in [0.25, 0.3) is 16.9 Å². The van der Waals surface area contributed by atoms with Crippen LogP contribution in [-0.4, -0.2) is 32.4 Å². The Labute approximate surface area is 177 Å². The number of hydrogen-bond donors (Lipinski definition) is 2. The van der Waals surface area contributed by atoms with Crippen LogP contribution >= 0.6 is 11.6 Å². The van der Waals surface area contributed by atoms with Gasteiger partial charge in [-0.05, 0) is 57.2 Å². The van der Waals surface area contributed by atoms with Crippen molar-refractivity contribution in [2.24, 2.45) is 0 Å². The molecule has 1 atom stereocenters. The second-order valence-electron chi connectivity index (χ2n) is 7.50. The van der Waals surface area contributed by atoms with Crippen LogP contribution in [0.4, 0.5) is 4.39 Å². The lowest BCUT2D eigenvalue weighted by Gasteiger charge is -2.26. The monoisotopic (exact) mass is 429 g/mol. The molecule has 0 bridgehead atoms. The third kappa shape index (κ3) is 4.75. The van der Waals surface area contributed by atoms with Crippen LogP contribution in [0.15, 0.2) is 59.4 Å². The normalized spacial score (nSPS) is 12.5. The van der Waals surface area contributed by atoms with Crippen LogP contribution in [0, 0.1) is 5.82 Å². The zero-order valence-electron chi connectivity index (χ0n) is 16.7. The van der Waals surface area contributed by atoms with Crippen molar-refractivity contribution >= 4 is 17.5 Å². The van der Waals surface area contributed by atoms with E-state index in [0.717, 1.165) is 10.7 Å². The fraction of sp³-hybridized carbons (Fsp3) is 0.227. The summed E-state index contributed by atoms with van der Waals surface area (Å²) in [6.45, 7) is 4.73.